The second kappa shape index (κ2) is 9.16. The van der Waals surface area contributed by atoms with E-state index >= 15 is 0 Å². The molecule has 0 bridgehead atoms. The number of unbranched alkanes of at least 4 members (excludes halogenated alkanes) is 3. The van der Waals surface area contributed by atoms with Gasteiger partial charge >= 0.3 is 0 Å². The van der Waals surface area contributed by atoms with Crippen molar-refractivity contribution in [2.75, 3.05) is 13.6 Å². The molecule has 0 aromatic carbocycles. The molecule has 3 heteroatoms. The average Bonchev–Trinajstić information content (AvgIpc) is 2.13. The van der Waals surface area contributed by atoms with Gasteiger partial charge in [-0.2, -0.15) is 0 Å². The Labute approximate surface area is 86.9 Å². The van der Waals surface area contributed by atoms with Gasteiger partial charge in [0.2, 0.25) is 0 Å². The molecule has 0 saturated carbocycles. The maximum absolute atomic E-state index is 11.3. The summed E-state index contributed by atoms with van der Waals surface area (Å²) in [5.41, 5.74) is 0. The number of nitrogens with one attached hydrogen (secondary N) is 1. The summed E-state index contributed by atoms with van der Waals surface area (Å²) in [7, 11) is 1.77. The van der Waals surface area contributed by atoms with Gasteiger partial charge in [0.1, 0.15) is 5.78 Å². The predicted octanol–water partition coefficient (Wildman–Crippen LogP) is 1.50. The summed E-state index contributed by atoms with van der Waals surface area (Å²) in [6.07, 6.45) is 4.90. The normalized spacial score (nSPS) is 12.8. The van der Waals surface area contributed by atoms with Gasteiger partial charge in [0, 0.05) is 19.4 Å². The van der Waals surface area contributed by atoms with Crippen molar-refractivity contribution in [3.05, 3.63) is 0 Å². The summed E-state index contributed by atoms with van der Waals surface area (Å²) < 4.78 is 0. The van der Waals surface area contributed by atoms with Crippen LogP contribution in [-0.2, 0) is 4.79 Å². The SMILES string of the molecule is CCCCCCC(=O)CC(O)CNC. The molecule has 0 spiro atoms. The molecule has 0 amide bonds. The number of likely N-dealkylation sites (N-methyl/N-ethyl adjacent to an activating group) is 1. The molecule has 0 radical (unpaired) electrons. The van der Waals surface area contributed by atoms with E-state index in [2.05, 4.69) is 12.2 Å². The third-order valence-electron chi connectivity index (χ3n) is 2.21. The monoisotopic (exact) mass is 201 g/mol. The fourth-order valence-electron chi connectivity index (χ4n) is 1.42. The predicted molar refractivity (Wildman–Crippen MR) is 58.3 cm³/mol. The van der Waals surface area contributed by atoms with Gasteiger partial charge in [-0.1, -0.05) is 26.2 Å². The number of hydrogen-bond donors (Lipinski definition) is 2. The lowest BCUT2D eigenvalue weighted by Gasteiger charge is -2.08. The van der Waals surface area contributed by atoms with E-state index in [1.165, 1.54) is 12.8 Å². The van der Waals surface area contributed by atoms with Gasteiger partial charge in [-0.25, -0.2) is 0 Å². The van der Waals surface area contributed by atoms with Crippen molar-refractivity contribution in [2.24, 2.45) is 0 Å². The summed E-state index contributed by atoms with van der Waals surface area (Å²) in [6, 6.07) is 0. The van der Waals surface area contributed by atoms with E-state index in [1.807, 2.05) is 0 Å². The first-order valence-corrected chi connectivity index (χ1v) is 5.55. The number of aliphatic hydroxyl groups is 1. The molecule has 0 fully saturated rings. The molecule has 14 heavy (non-hydrogen) atoms. The van der Waals surface area contributed by atoms with Gasteiger partial charge in [-0.3, -0.25) is 4.79 Å². The van der Waals surface area contributed by atoms with Gasteiger partial charge in [0.25, 0.3) is 0 Å². The zero-order chi connectivity index (χ0) is 10.8. The smallest absolute Gasteiger partial charge is 0.135 e. The molecule has 0 aliphatic carbocycles. The minimum absolute atomic E-state index is 0.184. The number of carbonyl (C=O) groups excluding carboxylic acids is 1. The van der Waals surface area contributed by atoms with Crippen LogP contribution in [0, 0.1) is 0 Å². The number of rotatable bonds is 9. The van der Waals surface area contributed by atoms with Crippen molar-refractivity contribution in [1.82, 2.24) is 5.32 Å². The van der Waals surface area contributed by atoms with Crippen molar-refractivity contribution >= 4 is 5.78 Å². The number of carbonyl (C=O) groups is 1. The van der Waals surface area contributed by atoms with Gasteiger partial charge in [-0.05, 0) is 13.5 Å². The highest BCUT2D eigenvalue weighted by molar-refractivity contribution is 5.78. The highest BCUT2D eigenvalue weighted by atomic mass is 16.3. The number of ketones is 1. The quantitative estimate of drug-likeness (QED) is 0.556. The first kappa shape index (κ1) is 13.6. The Balaban J connectivity index is 3.35. The molecule has 0 rings (SSSR count). The summed E-state index contributed by atoms with van der Waals surface area (Å²) in [5, 5.41) is 12.2. The van der Waals surface area contributed by atoms with Crippen molar-refractivity contribution in [1.29, 1.82) is 0 Å². The minimum Gasteiger partial charge on any atom is -0.391 e. The van der Waals surface area contributed by atoms with Gasteiger partial charge < -0.3 is 10.4 Å². The van der Waals surface area contributed by atoms with Crippen molar-refractivity contribution in [3.8, 4) is 0 Å². The van der Waals surface area contributed by atoms with Crippen molar-refractivity contribution in [2.45, 2.75) is 51.6 Å². The largest absolute Gasteiger partial charge is 0.391 e. The van der Waals surface area contributed by atoms with E-state index < -0.39 is 6.10 Å². The molecule has 1 atom stereocenters. The fraction of sp³-hybridized carbons (Fsp3) is 0.909. The second-order valence-electron chi connectivity index (χ2n) is 3.76. The topological polar surface area (TPSA) is 49.3 Å². The molecule has 0 aromatic heterocycles. The van der Waals surface area contributed by atoms with Crippen LogP contribution in [0.5, 0.6) is 0 Å². The molecule has 3 nitrogen and oxygen atoms in total. The van der Waals surface area contributed by atoms with E-state index in [4.69, 9.17) is 0 Å². The maximum Gasteiger partial charge on any atom is 0.135 e. The molecule has 84 valence electrons. The summed E-state index contributed by atoms with van der Waals surface area (Å²) in [5.74, 6) is 0.184. The van der Waals surface area contributed by atoms with Crippen LogP contribution in [0.4, 0.5) is 0 Å². The first-order valence-electron chi connectivity index (χ1n) is 5.55. The molecule has 0 aromatic rings. The van der Waals surface area contributed by atoms with E-state index in [1.54, 1.807) is 7.05 Å². The van der Waals surface area contributed by atoms with Crippen LogP contribution >= 0.6 is 0 Å². The Bertz CT molecular complexity index is 148. The van der Waals surface area contributed by atoms with Crippen LogP contribution in [0.1, 0.15) is 45.4 Å². The van der Waals surface area contributed by atoms with Crippen LogP contribution in [0.3, 0.4) is 0 Å². The van der Waals surface area contributed by atoms with Gasteiger partial charge in [0.05, 0.1) is 6.10 Å². The Morgan fingerprint density at radius 3 is 2.64 bits per heavy atom. The lowest BCUT2D eigenvalue weighted by atomic mass is 10.1. The zero-order valence-electron chi connectivity index (χ0n) is 9.38. The average molecular weight is 201 g/mol. The highest BCUT2D eigenvalue weighted by Crippen LogP contribution is 2.05. The van der Waals surface area contributed by atoms with Crippen LogP contribution in [0.15, 0.2) is 0 Å². The van der Waals surface area contributed by atoms with E-state index in [0.29, 0.717) is 19.4 Å². The molecule has 2 N–H and O–H groups in total. The van der Waals surface area contributed by atoms with E-state index in [9.17, 15) is 9.90 Å². The Morgan fingerprint density at radius 1 is 1.36 bits per heavy atom. The lowest BCUT2D eigenvalue weighted by Crippen LogP contribution is -2.25. The highest BCUT2D eigenvalue weighted by Gasteiger charge is 2.09. The summed E-state index contributed by atoms with van der Waals surface area (Å²) in [6.45, 7) is 2.65. The van der Waals surface area contributed by atoms with E-state index in [-0.39, 0.29) is 5.78 Å². The first-order chi connectivity index (χ1) is 6.70. The third-order valence-corrected chi connectivity index (χ3v) is 2.21. The minimum atomic E-state index is -0.515. The number of hydrogen-bond acceptors (Lipinski definition) is 3. The molecular formula is C11H23NO2. The van der Waals surface area contributed by atoms with Crippen LogP contribution < -0.4 is 5.32 Å². The molecule has 0 saturated heterocycles. The Hall–Kier alpha value is -0.410. The van der Waals surface area contributed by atoms with E-state index in [0.717, 1.165) is 12.8 Å². The summed E-state index contributed by atoms with van der Waals surface area (Å²) >= 11 is 0. The molecule has 1 unspecified atom stereocenters. The number of aliphatic hydroxyl groups excluding tert-OH is 1. The van der Waals surface area contributed by atoms with Crippen molar-refractivity contribution < 1.29 is 9.90 Å². The third kappa shape index (κ3) is 8.20. The second-order valence-corrected chi connectivity index (χ2v) is 3.76. The Kier molecular flexibility index (Phi) is 8.89. The van der Waals surface area contributed by atoms with Crippen LogP contribution in [0.2, 0.25) is 0 Å². The fourth-order valence-corrected chi connectivity index (χ4v) is 1.42. The molecule has 0 aliphatic rings. The maximum atomic E-state index is 11.3. The molecular weight excluding hydrogens is 178 g/mol. The zero-order valence-corrected chi connectivity index (χ0v) is 9.38. The van der Waals surface area contributed by atoms with Crippen LogP contribution in [0.25, 0.3) is 0 Å². The molecule has 0 aliphatic heterocycles. The molecule has 0 heterocycles. The lowest BCUT2D eigenvalue weighted by molar-refractivity contribution is -0.121. The van der Waals surface area contributed by atoms with Gasteiger partial charge in [0.15, 0.2) is 0 Å². The van der Waals surface area contributed by atoms with Crippen LogP contribution in [-0.4, -0.2) is 30.6 Å². The number of Topliss-reactive ketones (excluding diaryl/α,β-unsaturated/α-hetero) is 1. The standard InChI is InChI=1S/C11H23NO2/c1-3-4-5-6-7-10(13)8-11(14)9-12-2/h11-12,14H,3-9H2,1-2H3. The van der Waals surface area contributed by atoms with Crippen molar-refractivity contribution in [3.63, 3.8) is 0 Å². The summed E-state index contributed by atoms with van der Waals surface area (Å²) in [4.78, 5) is 11.3. The Morgan fingerprint density at radius 2 is 2.07 bits per heavy atom. The van der Waals surface area contributed by atoms with Gasteiger partial charge in [-0.15, -0.1) is 0 Å².